The van der Waals surface area contributed by atoms with Gasteiger partial charge in [0.1, 0.15) is 0 Å². The summed E-state index contributed by atoms with van der Waals surface area (Å²) in [6, 6.07) is 6.00. The molecule has 0 unspecified atom stereocenters. The Hall–Kier alpha value is -0.760. The highest BCUT2D eigenvalue weighted by Crippen LogP contribution is 2.23. The molecule has 0 aliphatic carbocycles. The molecule has 2 heteroatoms. The first-order valence-electron chi connectivity index (χ1n) is 3.52. The molecule has 0 aliphatic rings. The van der Waals surface area contributed by atoms with E-state index in [2.05, 4.69) is 17.6 Å². The normalized spacial score (nSPS) is 10.8. The predicted molar refractivity (Wildman–Crippen MR) is 52.3 cm³/mol. The van der Waals surface area contributed by atoms with Gasteiger partial charge in [0, 0.05) is 11.1 Å². The minimum Gasteiger partial charge on any atom is -0.260 e. The molecule has 1 aromatic carbocycles. The summed E-state index contributed by atoms with van der Waals surface area (Å²) in [5.74, 6) is 0. The molecular formula is C9H11NS. The Bertz CT molecular complexity index is 279. The van der Waals surface area contributed by atoms with Crippen LogP contribution in [0.3, 0.4) is 0 Å². The summed E-state index contributed by atoms with van der Waals surface area (Å²) in [5, 5.41) is 0. The van der Waals surface area contributed by atoms with Crippen molar-refractivity contribution in [1.82, 2.24) is 0 Å². The van der Waals surface area contributed by atoms with E-state index in [1.165, 1.54) is 5.56 Å². The highest BCUT2D eigenvalue weighted by atomic mass is 32.1. The van der Waals surface area contributed by atoms with Crippen molar-refractivity contribution in [3.05, 3.63) is 23.8 Å². The highest BCUT2D eigenvalue weighted by Gasteiger charge is 1.94. The molecule has 0 fully saturated rings. The summed E-state index contributed by atoms with van der Waals surface area (Å²) >= 11 is 4.27. The first kappa shape index (κ1) is 8.34. The van der Waals surface area contributed by atoms with Crippen molar-refractivity contribution < 1.29 is 0 Å². The molecular weight excluding hydrogens is 154 g/mol. The Labute approximate surface area is 72.6 Å². The van der Waals surface area contributed by atoms with Crippen LogP contribution in [0.1, 0.15) is 12.5 Å². The van der Waals surface area contributed by atoms with Gasteiger partial charge in [0.2, 0.25) is 0 Å². The van der Waals surface area contributed by atoms with Gasteiger partial charge >= 0.3 is 0 Å². The van der Waals surface area contributed by atoms with Crippen LogP contribution >= 0.6 is 12.6 Å². The molecule has 0 saturated heterocycles. The minimum absolute atomic E-state index is 0.925. The fourth-order valence-electron chi connectivity index (χ4n) is 0.876. The molecule has 0 aliphatic heterocycles. The van der Waals surface area contributed by atoms with Crippen molar-refractivity contribution >= 4 is 24.5 Å². The number of rotatable bonds is 1. The first-order chi connectivity index (χ1) is 5.24. The van der Waals surface area contributed by atoms with Gasteiger partial charge in [0.25, 0.3) is 0 Å². The van der Waals surface area contributed by atoms with E-state index in [1.54, 1.807) is 6.21 Å². The molecule has 1 nitrogen and oxygen atoms in total. The lowest BCUT2D eigenvalue weighted by Gasteiger charge is -1.98. The van der Waals surface area contributed by atoms with E-state index in [1.807, 2.05) is 32.0 Å². The maximum Gasteiger partial charge on any atom is 0.0761 e. The number of nitrogens with zero attached hydrogens (tertiary/aromatic N) is 1. The van der Waals surface area contributed by atoms with Gasteiger partial charge in [0.05, 0.1) is 5.69 Å². The lowest BCUT2D eigenvalue weighted by molar-refractivity contribution is 1.33. The van der Waals surface area contributed by atoms with Gasteiger partial charge in [-0.2, -0.15) is 0 Å². The topological polar surface area (TPSA) is 12.4 Å². The second-order valence-electron chi connectivity index (χ2n) is 2.38. The fraction of sp³-hybridized carbons (Fsp3) is 0.222. The quantitative estimate of drug-likeness (QED) is 0.485. The van der Waals surface area contributed by atoms with E-state index < -0.39 is 0 Å². The third-order valence-electron chi connectivity index (χ3n) is 1.40. The molecule has 11 heavy (non-hydrogen) atoms. The first-order valence-corrected chi connectivity index (χ1v) is 3.97. The maximum atomic E-state index is 4.27. The van der Waals surface area contributed by atoms with E-state index >= 15 is 0 Å². The zero-order chi connectivity index (χ0) is 8.27. The number of hydrogen-bond donors (Lipinski definition) is 1. The summed E-state index contributed by atoms with van der Waals surface area (Å²) in [4.78, 5) is 5.09. The molecule has 0 atom stereocenters. The molecule has 0 bridgehead atoms. The summed E-state index contributed by atoms with van der Waals surface area (Å²) < 4.78 is 0. The zero-order valence-corrected chi connectivity index (χ0v) is 7.60. The molecule has 0 amide bonds. The number of aliphatic imine (C=N–C) groups is 1. The van der Waals surface area contributed by atoms with Crippen molar-refractivity contribution in [2.24, 2.45) is 4.99 Å². The average Bonchev–Trinajstić information content (AvgIpc) is 1.98. The van der Waals surface area contributed by atoms with E-state index in [0.717, 1.165) is 10.6 Å². The van der Waals surface area contributed by atoms with E-state index in [9.17, 15) is 0 Å². The van der Waals surface area contributed by atoms with Crippen molar-refractivity contribution in [3.63, 3.8) is 0 Å². The summed E-state index contributed by atoms with van der Waals surface area (Å²) in [6.07, 6.45) is 1.77. The standard InChI is InChI=1S/C9H11NS/c1-3-10-8-6-7(2)4-5-9(8)11/h3-6,11H,1-2H3/b10-3-. The van der Waals surface area contributed by atoms with Gasteiger partial charge in [-0.15, -0.1) is 12.6 Å². The van der Waals surface area contributed by atoms with Gasteiger partial charge < -0.3 is 0 Å². The molecule has 1 aromatic rings. The van der Waals surface area contributed by atoms with Crippen molar-refractivity contribution in [2.75, 3.05) is 0 Å². The third kappa shape index (κ3) is 2.09. The summed E-state index contributed by atoms with van der Waals surface area (Å²) in [6.45, 7) is 3.94. The second-order valence-corrected chi connectivity index (χ2v) is 2.86. The van der Waals surface area contributed by atoms with Gasteiger partial charge in [-0.05, 0) is 31.5 Å². The maximum absolute atomic E-state index is 4.27. The zero-order valence-electron chi connectivity index (χ0n) is 6.70. The number of hydrogen-bond acceptors (Lipinski definition) is 2. The van der Waals surface area contributed by atoms with Gasteiger partial charge in [-0.1, -0.05) is 6.07 Å². The van der Waals surface area contributed by atoms with Crippen LogP contribution in [0.25, 0.3) is 0 Å². The third-order valence-corrected chi connectivity index (χ3v) is 1.78. The SMILES string of the molecule is C/C=N\c1cc(C)ccc1S. The fourth-order valence-corrected chi connectivity index (χ4v) is 1.07. The van der Waals surface area contributed by atoms with Gasteiger partial charge in [-0.3, -0.25) is 4.99 Å². The number of aryl methyl sites for hydroxylation is 1. The molecule has 0 spiro atoms. The number of benzene rings is 1. The molecule has 0 aromatic heterocycles. The molecule has 1 rings (SSSR count). The molecule has 58 valence electrons. The average molecular weight is 165 g/mol. The van der Waals surface area contributed by atoms with E-state index in [0.29, 0.717) is 0 Å². The largest absolute Gasteiger partial charge is 0.260 e. The van der Waals surface area contributed by atoms with Crippen molar-refractivity contribution in [3.8, 4) is 0 Å². The summed E-state index contributed by atoms with van der Waals surface area (Å²) in [5.41, 5.74) is 2.15. The summed E-state index contributed by atoms with van der Waals surface area (Å²) in [7, 11) is 0. The Morgan fingerprint density at radius 2 is 2.18 bits per heavy atom. The molecule has 0 N–H and O–H groups in total. The second kappa shape index (κ2) is 3.58. The molecule has 0 heterocycles. The smallest absolute Gasteiger partial charge is 0.0761 e. The molecule has 0 saturated carbocycles. The van der Waals surface area contributed by atoms with E-state index in [-0.39, 0.29) is 0 Å². The van der Waals surface area contributed by atoms with Crippen LogP contribution in [0.4, 0.5) is 5.69 Å². The monoisotopic (exact) mass is 165 g/mol. The van der Waals surface area contributed by atoms with Crippen LogP contribution in [-0.4, -0.2) is 6.21 Å². The lowest BCUT2D eigenvalue weighted by atomic mass is 10.2. The van der Waals surface area contributed by atoms with Gasteiger partial charge in [-0.25, -0.2) is 0 Å². The van der Waals surface area contributed by atoms with Crippen molar-refractivity contribution in [1.29, 1.82) is 0 Å². The van der Waals surface area contributed by atoms with Crippen LogP contribution in [-0.2, 0) is 0 Å². The Kier molecular flexibility index (Phi) is 2.71. The van der Waals surface area contributed by atoms with Crippen LogP contribution in [0.2, 0.25) is 0 Å². The van der Waals surface area contributed by atoms with Crippen molar-refractivity contribution in [2.45, 2.75) is 18.7 Å². The Morgan fingerprint density at radius 3 is 2.82 bits per heavy atom. The molecule has 0 radical (unpaired) electrons. The Morgan fingerprint density at radius 1 is 1.45 bits per heavy atom. The van der Waals surface area contributed by atoms with Crippen LogP contribution in [0.15, 0.2) is 28.1 Å². The number of thiol groups is 1. The van der Waals surface area contributed by atoms with E-state index in [4.69, 9.17) is 0 Å². The predicted octanol–water partition coefficient (Wildman–Crippen LogP) is 3.01. The van der Waals surface area contributed by atoms with Crippen LogP contribution in [0, 0.1) is 6.92 Å². The Balaban J connectivity index is 3.12. The van der Waals surface area contributed by atoms with Gasteiger partial charge in [0.15, 0.2) is 0 Å². The minimum atomic E-state index is 0.925. The van der Waals surface area contributed by atoms with Crippen LogP contribution < -0.4 is 0 Å². The van der Waals surface area contributed by atoms with Crippen LogP contribution in [0.5, 0.6) is 0 Å². The lowest BCUT2D eigenvalue weighted by Crippen LogP contribution is -1.73. The highest BCUT2D eigenvalue weighted by molar-refractivity contribution is 7.80.